The molecule has 0 radical (unpaired) electrons. The fourth-order valence-electron chi connectivity index (χ4n) is 2.58. The van der Waals surface area contributed by atoms with Crippen molar-refractivity contribution >= 4 is 39.1 Å². The molecule has 3 aromatic rings. The number of benzene rings is 2. The van der Waals surface area contributed by atoms with Crippen LogP contribution in [0, 0.1) is 12.3 Å². The molecule has 0 aliphatic rings. The van der Waals surface area contributed by atoms with Gasteiger partial charge in [-0.1, -0.05) is 34.9 Å². The second-order valence-electron chi connectivity index (χ2n) is 5.24. The number of rotatable bonds is 4. The maximum absolute atomic E-state index is 12.9. The van der Waals surface area contributed by atoms with E-state index in [-0.39, 0.29) is 12.1 Å². The molecule has 0 fully saturated rings. The zero-order valence-corrected chi connectivity index (χ0v) is 15.7. The standard InChI is InChI=1S/C19H15ClN2O3S/c1-4-10-22-13-9-8-12(20)11-16(13)26-19(22)21-18(23)17-14(24-2)6-5-7-15(17)25-3/h1,5-9,11H,10H2,2-3H3. The van der Waals surface area contributed by atoms with E-state index in [2.05, 4.69) is 10.9 Å². The van der Waals surface area contributed by atoms with Crippen LogP contribution in [-0.2, 0) is 6.54 Å². The Labute approximate surface area is 159 Å². The van der Waals surface area contributed by atoms with Crippen molar-refractivity contribution in [2.45, 2.75) is 6.54 Å². The first-order chi connectivity index (χ1) is 12.6. The smallest absolute Gasteiger partial charge is 0.287 e. The molecule has 0 unspecified atom stereocenters. The number of carbonyl (C=O) groups is 1. The molecule has 26 heavy (non-hydrogen) atoms. The van der Waals surface area contributed by atoms with Gasteiger partial charge in [0.2, 0.25) is 0 Å². The van der Waals surface area contributed by atoms with Gasteiger partial charge in [0.1, 0.15) is 17.1 Å². The highest BCUT2D eigenvalue weighted by Crippen LogP contribution is 2.29. The average Bonchev–Trinajstić information content (AvgIpc) is 2.97. The molecule has 0 saturated carbocycles. The number of carbonyl (C=O) groups excluding carboxylic acids is 1. The highest BCUT2D eigenvalue weighted by molar-refractivity contribution is 7.16. The summed E-state index contributed by atoms with van der Waals surface area (Å²) in [6.07, 6.45) is 5.48. The Morgan fingerprint density at radius 2 is 1.96 bits per heavy atom. The highest BCUT2D eigenvalue weighted by atomic mass is 35.5. The van der Waals surface area contributed by atoms with Gasteiger partial charge in [-0.05, 0) is 30.3 Å². The molecule has 1 aromatic heterocycles. The summed E-state index contributed by atoms with van der Waals surface area (Å²) in [5.41, 5.74) is 1.14. The van der Waals surface area contributed by atoms with E-state index in [0.29, 0.717) is 21.3 Å². The largest absolute Gasteiger partial charge is 0.496 e. The Balaban J connectivity index is 2.21. The lowest BCUT2D eigenvalue weighted by Gasteiger charge is -2.09. The Kier molecular flexibility index (Phi) is 5.31. The van der Waals surface area contributed by atoms with Crippen molar-refractivity contribution in [2.75, 3.05) is 14.2 Å². The average molecular weight is 387 g/mol. The van der Waals surface area contributed by atoms with Crippen LogP contribution in [0.4, 0.5) is 0 Å². The van der Waals surface area contributed by atoms with Gasteiger partial charge in [0.15, 0.2) is 4.80 Å². The molecule has 0 aliphatic carbocycles. The monoisotopic (exact) mass is 386 g/mol. The first-order valence-corrected chi connectivity index (χ1v) is 8.81. The topological polar surface area (TPSA) is 52.8 Å². The first-order valence-electron chi connectivity index (χ1n) is 7.61. The van der Waals surface area contributed by atoms with Crippen molar-refractivity contribution in [1.82, 2.24) is 4.57 Å². The van der Waals surface area contributed by atoms with Gasteiger partial charge >= 0.3 is 0 Å². The van der Waals surface area contributed by atoms with Crippen LogP contribution in [0.5, 0.6) is 11.5 Å². The molecule has 5 nitrogen and oxygen atoms in total. The number of hydrogen-bond acceptors (Lipinski definition) is 4. The van der Waals surface area contributed by atoms with Gasteiger partial charge in [0, 0.05) is 5.02 Å². The molecular weight excluding hydrogens is 372 g/mol. The van der Waals surface area contributed by atoms with Crippen LogP contribution in [0.25, 0.3) is 10.2 Å². The summed E-state index contributed by atoms with van der Waals surface area (Å²) in [4.78, 5) is 17.6. The summed E-state index contributed by atoms with van der Waals surface area (Å²) in [7, 11) is 2.98. The molecule has 0 saturated heterocycles. The number of amides is 1. The summed E-state index contributed by atoms with van der Waals surface area (Å²) < 4.78 is 13.3. The molecule has 1 amide bonds. The highest BCUT2D eigenvalue weighted by Gasteiger charge is 2.18. The number of hydrogen-bond donors (Lipinski definition) is 0. The molecular formula is C19H15ClN2O3S. The van der Waals surface area contributed by atoms with Crippen LogP contribution in [0.3, 0.4) is 0 Å². The lowest BCUT2D eigenvalue weighted by atomic mass is 10.1. The summed E-state index contributed by atoms with van der Waals surface area (Å²) in [6.45, 7) is 0.288. The molecule has 0 bridgehead atoms. The van der Waals surface area contributed by atoms with Crippen molar-refractivity contribution in [3.05, 3.63) is 51.8 Å². The summed E-state index contributed by atoms with van der Waals surface area (Å²) in [5, 5.41) is 0.607. The van der Waals surface area contributed by atoms with E-state index in [1.54, 1.807) is 28.8 Å². The molecule has 3 rings (SSSR count). The molecule has 0 N–H and O–H groups in total. The van der Waals surface area contributed by atoms with E-state index < -0.39 is 5.91 Å². The molecule has 0 spiro atoms. The van der Waals surface area contributed by atoms with E-state index in [1.807, 2.05) is 12.1 Å². The van der Waals surface area contributed by atoms with Gasteiger partial charge in [-0.15, -0.1) is 6.42 Å². The summed E-state index contributed by atoms with van der Waals surface area (Å²) >= 11 is 7.41. The Morgan fingerprint density at radius 3 is 2.58 bits per heavy atom. The zero-order chi connectivity index (χ0) is 18.7. The van der Waals surface area contributed by atoms with Crippen LogP contribution in [0.1, 0.15) is 10.4 Å². The molecule has 2 aromatic carbocycles. The van der Waals surface area contributed by atoms with E-state index in [4.69, 9.17) is 27.5 Å². The quantitative estimate of drug-likeness (QED) is 0.642. The Morgan fingerprint density at radius 1 is 1.27 bits per heavy atom. The number of ether oxygens (including phenoxy) is 2. The van der Waals surface area contributed by atoms with E-state index >= 15 is 0 Å². The third kappa shape index (κ3) is 3.32. The minimum absolute atomic E-state index is 0.264. The van der Waals surface area contributed by atoms with Crippen LogP contribution in [0.15, 0.2) is 41.4 Å². The van der Waals surface area contributed by atoms with E-state index in [1.165, 1.54) is 25.6 Å². The van der Waals surface area contributed by atoms with Crippen LogP contribution in [0.2, 0.25) is 5.02 Å². The van der Waals surface area contributed by atoms with Gasteiger partial charge in [-0.3, -0.25) is 4.79 Å². The second kappa shape index (κ2) is 7.65. The van der Waals surface area contributed by atoms with Gasteiger partial charge in [-0.2, -0.15) is 4.99 Å². The number of thiazole rings is 1. The lowest BCUT2D eigenvalue weighted by molar-refractivity contribution is 0.0992. The van der Waals surface area contributed by atoms with Gasteiger partial charge in [0.25, 0.3) is 5.91 Å². The van der Waals surface area contributed by atoms with Gasteiger partial charge in [0.05, 0.1) is 31.0 Å². The molecule has 7 heteroatoms. The zero-order valence-electron chi connectivity index (χ0n) is 14.2. The minimum Gasteiger partial charge on any atom is -0.496 e. The van der Waals surface area contributed by atoms with Crippen LogP contribution < -0.4 is 14.3 Å². The number of halogens is 1. The van der Waals surface area contributed by atoms with Gasteiger partial charge < -0.3 is 14.0 Å². The third-order valence-corrected chi connectivity index (χ3v) is 5.01. The maximum atomic E-state index is 12.9. The van der Waals surface area contributed by atoms with Crippen molar-refractivity contribution < 1.29 is 14.3 Å². The third-order valence-electron chi connectivity index (χ3n) is 3.73. The van der Waals surface area contributed by atoms with Crippen LogP contribution >= 0.6 is 22.9 Å². The Bertz CT molecular complexity index is 1070. The summed E-state index contributed by atoms with van der Waals surface area (Å²) in [6, 6.07) is 10.6. The maximum Gasteiger partial charge on any atom is 0.287 e. The summed E-state index contributed by atoms with van der Waals surface area (Å²) in [5.74, 6) is 2.91. The molecule has 0 atom stereocenters. The van der Waals surface area contributed by atoms with Crippen molar-refractivity contribution in [3.63, 3.8) is 0 Å². The number of terminal acetylenes is 1. The van der Waals surface area contributed by atoms with E-state index in [0.717, 1.165) is 10.2 Å². The molecule has 132 valence electrons. The predicted octanol–water partition coefficient (Wildman–Crippen LogP) is 3.75. The van der Waals surface area contributed by atoms with Crippen LogP contribution in [-0.4, -0.2) is 24.7 Å². The normalized spacial score (nSPS) is 11.4. The van der Waals surface area contributed by atoms with Crippen molar-refractivity contribution in [1.29, 1.82) is 0 Å². The number of methoxy groups -OCH3 is 2. The first kappa shape index (κ1) is 18.1. The predicted molar refractivity (Wildman–Crippen MR) is 103 cm³/mol. The fourth-order valence-corrected chi connectivity index (χ4v) is 3.89. The van der Waals surface area contributed by atoms with Gasteiger partial charge in [-0.25, -0.2) is 0 Å². The number of nitrogens with zero attached hydrogens (tertiary/aromatic N) is 2. The number of fused-ring (bicyclic) bond motifs is 1. The lowest BCUT2D eigenvalue weighted by Crippen LogP contribution is -2.17. The van der Waals surface area contributed by atoms with E-state index in [9.17, 15) is 4.79 Å². The Hall–Kier alpha value is -2.75. The second-order valence-corrected chi connectivity index (χ2v) is 6.69. The minimum atomic E-state index is -0.470. The molecule has 1 heterocycles. The SMILES string of the molecule is C#CCn1c(=NC(=O)c2c(OC)cccc2OC)sc2cc(Cl)ccc21. The fraction of sp³-hybridized carbons (Fsp3) is 0.158. The molecule has 0 aliphatic heterocycles. The van der Waals surface area contributed by atoms with Crippen molar-refractivity contribution in [3.8, 4) is 23.8 Å². The number of aromatic nitrogens is 1. The van der Waals surface area contributed by atoms with Crippen molar-refractivity contribution in [2.24, 2.45) is 4.99 Å².